The quantitative estimate of drug-likeness (QED) is 0.568. The molecular weight excluding hydrogens is 254 g/mol. The van der Waals surface area contributed by atoms with Crippen LogP contribution in [0.3, 0.4) is 0 Å². The Kier molecular flexibility index (Phi) is 5.64. The lowest BCUT2D eigenvalue weighted by atomic mass is 10.1. The van der Waals surface area contributed by atoms with E-state index >= 15 is 0 Å². The molecule has 18 heavy (non-hydrogen) atoms. The van der Waals surface area contributed by atoms with Crippen LogP contribution in [0.25, 0.3) is 0 Å². The molecule has 0 bridgehead atoms. The third kappa shape index (κ3) is 4.03. The molecule has 98 valence electrons. The van der Waals surface area contributed by atoms with Crippen molar-refractivity contribution in [2.75, 3.05) is 12.9 Å². The predicted molar refractivity (Wildman–Crippen MR) is 67.7 cm³/mol. The van der Waals surface area contributed by atoms with Gasteiger partial charge in [-0.05, 0) is 19.1 Å². The van der Waals surface area contributed by atoms with E-state index in [-0.39, 0.29) is 18.8 Å². The van der Waals surface area contributed by atoms with E-state index in [4.69, 9.17) is 4.74 Å². The molecule has 0 fully saturated rings. The molecule has 1 aromatic rings. The first-order chi connectivity index (χ1) is 8.56. The van der Waals surface area contributed by atoms with Crippen LogP contribution in [-0.2, 0) is 20.3 Å². The van der Waals surface area contributed by atoms with Crippen LogP contribution in [0.4, 0.5) is 0 Å². The summed E-state index contributed by atoms with van der Waals surface area (Å²) in [5.41, 5.74) is 0.349. The first-order valence-electron chi connectivity index (χ1n) is 5.48. The highest BCUT2D eigenvalue weighted by Crippen LogP contribution is 2.11. The molecule has 0 radical (unpaired) electrons. The van der Waals surface area contributed by atoms with Gasteiger partial charge in [-0.1, -0.05) is 0 Å². The van der Waals surface area contributed by atoms with Crippen LogP contribution in [0.5, 0.6) is 0 Å². The molecule has 0 aliphatic rings. The summed E-state index contributed by atoms with van der Waals surface area (Å²) in [6.07, 6.45) is 4.16. The van der Waals surface area contributed by atoms with Gasteiger partial charge in [0.1, 0.15) is 5.25 Å². The zero-order chi connectivity index (χ0) is 13.5. The number of hydrogen-bond donors (Lipinski definition) is 0. The summed E-state index contributed by atoms with van der Waals surface area (Å²) in [6.45, 7) is 1.92. The zero-order valence-corrected chi connectivity index (χ0v) is 11.1. The van der Waals surface area contributed by atoms with Crippen LogP contribution in [0, 0.1) is 0 Å². The number of carbonyl (C=O) groups excluding carboxylic acids is 2. The number of rotatable bonds is 6. The fraction of sp³-hybridized carbons (Fsp3) is 0.417. The fourth-order valence-corrected chi connectivity index (χ4v) is 2.23. The summed E-state index contributed by atoms with van der Waals surface area (Å²) in [4.78, 5) is 27.3. The molecule has 6 heteroatoms. The van der Waals surface area contributed by atoms with Gasteiger partial charge in [0.2, 0.25) is 0 Å². The minimum absolute atomic E-state index is 0.176. The lowest BCUT2D eigenvalue weighted by molar-refractivity contribution is -0.142. The highest BCUT2D eigenvalue weighted by Gasteiger charge is 2.27. The van der Waals surface area contributed by atoms with Crippen molar-refractivity contribution < 1.29 is 18.5 Å². The number of esters is 1. The number of ether oxygens (including phenoxy) is 1. The minimum Gasteiger partial charge on any atom is -0.466 e. The van der Waals surface area contributed by atoms with Crippen LogP contribution in [0.15, 0.2) is 24.5 Å². The molecular formula is C12H15NO4S. The average molecular weight is 269 g/mol. The summed E-state index contributed by atoms with van der Waals surface area (Å²) in [6, 6.07) is 3.20. The Bertz CT molecular complexity index is 447. The van der Waals surface area contributed by atoms with Crippen molar-refractivity contribution in [3.63, 3.8) is 0 Å². The van der Waals surface area contributed by atoms with E-state index in [0.717, 1.165) is 0 Å². The lowest BCUT2D eigenvalue weighted by Gasteiger charge is -2.12. The molecule has 1 aromatic heterocycles. The molecule has 0 spiro atoms. The molecule has 1 rings (SSSR count). The molecule has 1 heterocycles. The highest BCUT2D eigenvalue weighted by atomic mass is 32.2. The Balaban J connectivity index is 2.83. The van der Waals surface area contributed by atoms with Crippen LogP contribution in [0.2, 0.25) is 0 Å². The van der Waals surface area contributed by atoms with E-state index < -0.39 is 22.0 Å². The first kappa shape index (κ1) is 14.5. The van der Waals surface area contributed by atoms with E-state index in [1.807, 2.05) is 0 Å². The van der Waals surface area contributed by atoms with Crippen molar-refractivity contribution in [3.8, 4) is 0 Å². The highest BCUT2D eigenvalue weighted by molar-refractivity contribution is 7.85. The first-order valence-corrected chi connectivity index (χ1v) is 7.10. The summed E-state index contributed by atoms with van der Waals surface area (Å²) < 4.78 is 16.3. The number of nitrogens with zero attached hydrogens (tertiary/aromatic N) is 1. The minimum atomic E-state index is -1.44. The molecule has 0 N–H and O–H groups in total. The maximum absolute atomic E-state index is 12.1. The number of Topliss-reactive ketones (excluding diaryl/α,β-unsaturated/α-hetero) is 1. The van der Waals surface area contributed by atoms with Gasteiger partial charge in [0.25, 0.3) is 0 Å². The van der Waals surface area contributed by atoms with Crippen LogP contribution >= 0.6 is 0 Å². The fourth-order valence-electron chi connectivity index (χ4n) is 1.43. The second-order valence-corrected chi connectivity index (χ2v) is 5.17. The number of pyridine rings is 1. The standard InChI is InChI=1S/C12H15NO4S/c1-3-17-11(14)7-10(18(2)16)12(15)9-5-4-6-13-8-9/h4-6,8,10H,3,7H2,1-2H3. The van der Waals surface area contributed by atoms with Gasteiger partial charge in [-0.3, -0.25) is 18.8 Å². The molecule has 0 amide bonds. The monoisotopic (exact) mass is 269 g/mol. The Hall–Kier alpha value is -1.56. The third-order valence-corrected chi connectivity index (χ3v) is 3.48. The number of hydrogen-bond acceptors (Lipinski definition) is 5. The van der Waals surface area contributed by atoms with E-state index in [2.05, 4.69) is 4.98 Å². The van der Waals surface area contributed by atoms with Crippen molar-refractivity contribution in [1.82, 2.24) is 4.98 Å². The summed E-state index contributed by atoms with van der Waals surface area (Å²) in [7, 11) is -1.44. The summed E-state index contributed by atoms with van der Waals surface area (Å²) >= 11 is 0. The second kappa shape index (κ2) is 7.00. The Morgan fingerprint density at radius 2 is 2.22 bits per heavy atom. The van der Waals surface area contributed by atoms with Crippen molar-refractivity contribution in [1.29, 1.82) is 0 Å². The van der Waals surface area contributed by atoms with Gasteiger partial charge >= 0.3 is 5.97 Å². The van der Waals surface area contributed by atoms with Crippen LogP contribution in [0.1, 0.15) is 23.7 Å². The number of aromatic nitrogens is 1. The van der Waals surface area contributed by atoms with Gasteiger partial charge in [-0.25, -0.2) is 0 Å². The molecule has 0 aromatic carbocycles. The maximum Gasteiger partial charge on any atom is 0.307 e. The molecule has 0 aliphatic heterocycles. The SMILES string of the molecule is CCOC(=O)CC(C(=O)c1cccnc1)S(C)=O. The summed E-state index contributed by atoms with van der Waals surface area (Å²) in [5.74, 6) is -0.869. The van der Waals surface area contributed by atoms with Gasteiger partial charge in [-0.2, -0.15) is 0 Å². The normalized spacial score (nSPS) is 13.7. The largest absolute Gasteiger partial charge is 0.466 e. The van der Waals surface area contributed by atoms with Crippen molar-refractivity contribution in [3.05, 3.63) is 30.1 Å². The van der Waals surface area contributed by atoms with Gasteiger partial charge in [0.15, 0.2) is 5.78 Å². The van der Waals surface area contributed by atoms with Crippen molar-refractivity contribution >= 4 is 22.6 Å². The molecule has 0 saturated heterocycles. The number of carbonyl (C=O) groups is 2. The topological polar surface area (TPSA) is 73.3 Å². The Labute approximate surface area is 108 Å². The van der Waals surface area contributed by atoms with Crippen LogP contribution < -0.4 is 0 Å². The summed E-state index contributed by atoms with van der Waals surface area (Å²) in [5, 5.41) is -0.881. The molecule has 0 aliphatic carbocycles. The van der Waals surface area contributed by atoms with Gasteiger partial charge < -0.3 is 4.74 Å². The average Bonchev–Trinajstić information content (AvgIpc) is 2.36. The molecule has 0 saturated carbocycles. The van der Waals surface area contributed by atoms with Crippen molar-refractivity contribution in [2.45, 2.75) is 18.6 Å². The predicted octanol–water partition coefficient (Wildman–Crippen LogP) is 0.965. The number of ketones is 1. The molecule has 5 nitrogen and oxygen atoms in total. The van der Waals surface area contributed by atoms with E-state index in [9.17, 15) is 13.8 Å². The van der Waals surface area contributed by atoms with E-state index in [1.54, 1.807) is 25.3 Å². The van der Waals surface area contributed by atoms with Crippen LogP contribution in [-0.4, -0.2) is 39.1 Å². The lowest BCUT2D eigenvalue weighted by Crippen LogP contribution is -2.29. The zero-order valence-electron chi connectivity index (χ0n) is 10.3. The Morgan fingerprint density at radius 3 is 2.72 bits per heavy atom. The van der Waals surface area contributed by atoms with E-state index in [0.29, 0.717) is 5.56 Å². The third-order valence-electron chi connectivity index (χ3n) is 2.30. The van der Waals surface area contributed by atoms with E-state index in [1.165, 1.54) is 12.5 Å². The van der Waals surface area contributed by atoms with Gasteiger partial charge in [0.05, 0.1) is 13.0 Å². The molecule has 2 unspecified atom stereocenters. The maximum atomic E-state index is 12.1. The van der Waals surface area contributed by atoms with Gasteiger partial charge in [-0.15, -0.1) is 0 Å². The van der Waals surface area contributed by atoms with Gasteiger partial charge in [0, 0.05) is 35.0 Å². The Morgan fingerprint density at radius 1 is 1.50 bits per heavy atom. The smallest absolute Gasteiger partial charge is 0.307 e. The second-order valence-electron chi connectivity index (χ2n) is 3.60. The van der Waals surface area contributed by atoms with Crippen molar-refractivity contribution in [2.24, 2.45) is 0 Å². The molecule has 2 atom stereocenters.